The molecule has 3 nitrogen and oxygen atoms in total. The molecule has 2 rings (SSSR count). The highest BCUT2D eigenvalue weighted by molar-refractivity contribution is 5.60. The minimum absolute atomic E-state index is 0.0741. The van der Waals surface area contributed by atoms with Crippen molar-refractivity contribution in [2.24, 2.45) is 5.41 Å². The molecule has 1 aliphatic heterocycles. The number of hydrogen-bond acceptors (Lipinski definition) is 3. The van der Waals surface area contributed by atoms with Crippen LogP contribution in [0.2, 0.25) is 0 Å². The molecule has 0 aliphatic carbocycles. The summed E-state index contributed by atoms with van der Waals surface area (Å²) in [6.07, 6.45) is 2.75. The fourth-order valence-electron chi connectivity index (χ4n) is 2.81. The van der Waals surface area contributed by atoms with Gasteiger partial charge in [-0.1, -0.05) is 18.2 Å². The number of ether oxygens (including phenoxy) is 1. The fraction of sp³-hybridized carbons (Fsp3) is 0.562. The first-order valence-electron chi connectivity index (χ1n) is 7.07. The minimum Gasteiger partial charge on any atom is -0.380 e. The maximum Gasteiger partial charge on any atom is 0.129 e. The summed E-state index contributed by atoms with van der Waals surface area (Å²) in [5, 5.41) is 0. The van der Waals surface area contributed by atoms with E-state index in [4.69, 9.17) is 4.74 Å². The number of nitrogens with zero attached hydrogens (tertiary/aromatic N) is 1. The number of aldehydes is 1. The molecule has 2 unspecified atom stereocenters. The second-order valence-electron chi connectivity index (χ2n) is 5.75. The van der Waals surface area contributed by atoms with Crippen molar-refractivity contribution in [3.63, 3.8) is 0 Å². The molecule has 1 aliphatic rings. The Bertz CT molecular complexity index is 458. The molecule has 110 valence electrons. The van der Waals surface area contributed by atoms with Crippen molar-refractivity contribution in [2.45, 2.75) is 25.8 Å². The zero-order chi connectivity index (χ0) is 14.6. The highest BCUT2D eigenvalue weighted by Crippen LogP contribution is 2.30. The molecule has 0 amide bonds. The molecular formula is C16H22FNO2. The van der Waals surface area contributed by atoms with Crippen LogP contribution in [0.1, 0.15) is 31.4 Å². The van der Waals surface area contributed by atoms with E-state index in [1.165, 1.54) is 6.07 Å². The van der Waals surface area contributed by atoms with Crippen molar-refractivity contribution in [2.75, 3.05) is 26.8 Å². The largest absolute Gasteiger partial charge is 0.380 e. The summed E-state index contributed by atoms with van der Waals surface area (Å²) in [7, 11) is 1.93. The van der Waals surface area contributed by atoms with Crippen LogP contribution < -0.4 is 0 Å². The predicted molar refractivity (Wildman–Crippen MR) is 76.0 cm³/mol. The maximum absolute atomic E-state index is 13.8. The average Bonchev–Trinajstić information content (AvgIpc) is 2.48. The Hall–Kier alpha value is -1.26. The lowest BCUT2D eigenvalue weighted by Gasteiger charge is -2.37. The van der Waals surface area contributed by atoms with Gasteiger partial charge in [0.2, 0.25) is 0 Å². The van der Waals surface area contributed by atoms with Gasteiger partial charge in [-0.2, -0.15) is 0 Å². The summed E-state index contributed by atoms with van der Waals surface area (Å²) in [6, 6.07) is 6.71. The van der Waals surface area contributed by atoms with Crippen molar-refractivity contribution in [3.05, 3.63) is 35.6 Å². The van der Waals surface area contributed by atoms with Crippen LogP contribution in [0.3, 0.4) is 0 Å². The van der Waals surface area contributed by atoms with Gasteiger partial charge >= 0.3 is 0 Å². The van der Waals surface area contributed by atoms with Gasteiger partial charge in [-0.25, -0.2) is 4.39 Å². The molecule has 4 heteroatoms. The number of carbonyl (C=O) groups is 1. The van der Waals surface area contributed by atoms with E-state index in [-0.39, 0.29) is 11.9 Å². The zero-order valence-electron chi connectivity index (χ0n) is 12.1. The van der Waals surface area contributed by atoms with Gasteiger partial charge in [-0.3, -0.25) is 4.90 Å². The van der Waals surface area contributed by atoms with Gasteiger partial charge in [0, 0.05) is 24.8 Å². The van der Waals surface area contributed by atoms with E-state index in [2.05, 4.69) is 0 Å². The van der Waals surface area contributed by atoms with E-state index >= 15 is 0 Å². The Labute approximate surface area is 119 Å². The van der Waals surface area contributed by atoms with E-state index in [0.29, 0.717) is 18.7 Å². The van der Waals surface area contributed by atoms with Crippen LogP contribution in [0.15, 0.2) is 24.3 Å². The summed E-state index contributed by atoms with van der Waals surface area (Å²) < 4.78 is 19.3. The molecule has 1 saturated heterocycles. The molecule has 1 aromatic rings. The van der Waals surface area contributed by atoms with Crippen molar-refractivity contribution >= 4 is 6.29 Å². The highest BCUT2D eigenvalue weighted by Gasteiger charge is 2.35. The summed E-state index contributed by atoms with van der Waals surface area (Å²) in [5.41, 5.74) is 0.208. The van der Waals surface area contributed by atoms with E-state index in [1.54, 1.807) is 12.1 Å². The average molecular weight is 279 g/mol. The molecule has 0 spiro atoms. The quantitative estimate of drug-likeness (QED) is 0.776. The first-order chi connectivity index (χ1) is 9.58. The zero-order valence-corrected chi connectivity index (χ0v) is 12.1. The molecule has 1 fully saturated rings. The molecule has 0 radical (unpaired) electrons. The van der Waals surface area contributed by atoms with Crippen LogP contribution in [0.25, 0.3) is 0 Å². The lowest BCUT2D eigenvalue weighted by molar-refractivity contribution is -0.125. The summed E-state index contributed by atoms with van der Waals surface area (Å²) >= 11 is 0. The highest BCUT2D eigenvalue weighted by atomic mass is 19.1. The first-order valence-corrected chi connectivity index (χ1v) is 7.07. The Morgan fingerprint density at radius 2 is 2.25 bits per heavy atom. The van der Waals surface area contributed by atoms with Gasteiger partial charge < -0.3 is 9.53 Å². The molecule has 0 bridgehead atoms. The Morgan fingerprint density at radius 3 is 2.85 bits per heavy atom. The van der Waals surface area contributed by atoms with E-state index in [1.807, 2.05) is 24.9 Å². The standard InChI is InChI=1S/C16H22FNO2/c1-13(14-6-3-4-7-15(14)17)18(2)10-16(11-19)8-5-9-20-12-16/h3-4,6-7,11,13H,5,8-10,12H2,1-2H3. The molecule has 2 atom stereocenters. The molecule has 0 aromatic heterocycles. The summed E-state index contributed by atoms with van der Waals surface area (Å²) in [6.45, 7) is 3.74. The Balaban J connectivity index is 2.09. The van der Waals surface area contributed by atoms with Gasteiger partial charge in [-0.05, 0) is 32.9 Å². The molecule has 0 saturated carbocycles. The fourth-order valence-corrected chi connectivity index (χ4v) is 2.81. The first kappa shape index (κ1) is 15.1. The SMILES string of the molecule is CC(c1ccccc1F)N(C)CC1(C=O)CCCOC1. The van der Waals surface area contributed by atoms with Gasteiger partial charge in [0.05, 0.1) is 12.0 Å². The third-order valence-corrected chi connectivity index (χ3v) is 4.18. The lowest BCUT2D eigenvalue weighted by Crippen LogP contribution is -2.43. The molecule has 0 N–H and O–H groups in total. The molecule has 20 heavy (non-hydrogen) atoms. The molecule has 1 aromatic carbocycles. The second-order valence-corrected chi connectivity index (χ2v) is 5.75. The Morgan fingerprint density at radius 1 is 1.50 bits per heavy atom. The Kier molecular flexibility index (Phi) is 4.89. The van der Waals surface area contributed by atoms with Crippen LogP contribution in [0.4, 0.5) is 4.39 Å². The monoisotopic (exact) mass is 279 g/mol. The predicted octanol–water partition coefficient (Wildman–Crippen LogP) is 2.81. The van der Waals surface area contributed by atoms with E-state index in [0.717, 1.165) is 25.7 Å². The van der Waals surface area contributed by atoms with Crippen molar-refractivity contribution in [1.82, 2.24) is 4.90 Å². The lowest BCUT2D eigenvalue weighted by atomic mass is 9.83. The van der Waals surface area contributed by atoms with Crippen LogP contribution in [0, 0.1) is 11.2 Å². The number of rotatable bonds is 5. The molecule has 1 heterocycles. The third-order valence-electron chi connectivity index (χ3n) is 4.18. The number of halogens is 1. The summed E-state index contributed by atoms with van der Waals surface area (Å²) in [4.78, 5) is 13.5. The second kappa shape index (κ2) is 6.46. The van der Waals surface area contributed by atoms with Gasteiger partial charge in [-0.15, -0.1) is 0 Å². The van der Waals surface area contributed by atoms with Crippen LogP contribution >= 0.6 is 0 Å². The normalized spacial score (nSPS) is 24.6. The van der Waals surface area contributed by atoms with Crippen molar-refractivity contribution in [3.8, 4) is 0 Å². The van der Waals surface area contributed by atoms with Gasteiger partial charge in [0.15, 0.2) is 0 Å². The smallest absolute Gasteiger partial charge is 0.129 e. The van der Waals surface area contributed by atoms with E-state index < -0.39 is 5.41 Å². The molecular weight excluding hydrogens is 257 g/mol. The third kappa shape index (κ3) is 3.25. The van der Waals surface area contributed by atoms with Gasteiger partial charge in [0.1, 0.15) is 12.1 Å². The maximum atomic E-state index is 13.8. The minimum atomic E-state index is -0.452. The number of benzene rings is 1. The van der Waals surface area contributed by atoms with Crippen molar-refractivity contribution in [1.29, 1.82) is 0 Å². The topological polar surface area (TPSA) is 29.5 Å². The number of carbonyl (C=O) groups excluding carboxylic acids is 1. The van der Waals surface area contributed by atoms with Gasteiger partial charge in [0.25, 0.3) is 0 Å². The van der Waals surface area contributed by atoms with Crippen LogP contribution in [0.5, 0.6) is 0 Å². The number of hydrogen-bond donors (Lipinski definition) is 0. The van der Waals surface area contributed by atoms with Crippen LogP contribution in [-0.2, 0) is 9.53 Å². The van der Waals surface area contributed by atoms with Crippen molar-refractivity contribution < 1.29 is 13.9 Å². The van der Waals surface area contributed by atoms with Crippen LogP contribution in [-0.4, -0.2) is 38.0 Å². The summed E-state index contributed by atoms with van der Waals surface area (Å²) in [5.74, 6) is -0.202. The van der Waals surface area contributed by atoms with E-state index in [9.17, 15) is 9.18 Å².